The van der Waals surface area contributed by atoms with Crippen molar-refractivity contribution in [1.29, 1.82) is 0 Å². The van der Waals surface area contributed by atoms with E-state index in [0.717, 1.165) is 0 Å². The summed E-state index contributed by atoms with van der Waals surface area (Å²) in [5.74, 6) is 0. The summed E-state index contributed by atoms with van der Waals surface area (Å²) < 4.78 is 26.0. The molecule has 0 aromatic heterocycles. The van der Waals surface area contributed by atoms with E-state index in [9.17, 15) is 8.42 Å². The first-order valence-electron chi connectivity index (χ1n) is 4.52. The number of rotatable bonds is 4. The first-order valence-corrected chi connectivity index (χ1v) is 7.14. The molecule has 1 N–H and O–H groups in total. The van der Waals surface area contributed by atoms with Gasteiger partial charge in [0.2, 0.25) is 10.0 Å². The Morgan fingerprint density at radius 3 is 2.25 bits per heavy atom. The second-order valence-corrected chi connectivity index (χ2v) is 6.05. The quantitative estimate of drug-likeness (QED) is 0.867. The Morgan fingerprint density at radius 2 is 1.69 bits per heavy atom. The van der Waals surface area contributed by atoms with Gasteiger partial charge in [-0.15, -0.1) is 0 Å². The van der Waals surface area contributed by atoms with Crippen LogP contribution in [0.3, 0.4) is 0 Å². The van der Waals surface area contributed by atoms with Crippen molar-refractivity contribution in [2.75, 3.05) is 6.54 Å². The molecule has 0 amide bonds. The summed E-state index contributed by atoms with van der Waals surface area (Å²) in [6.45, 7) is 2.21. The van der Waals surface area contributed by atoms with Crippen molar-refractivity contribution in [2.24, 2.45) is 0 Å². The highest BCUT2D eigenvalue weighted by Crippen LogP contribution is 2.31. The SMILES string of the molecule is CCCNS(=O)(=O)c1cc(Cl)c(Cl)cc1Cl. The number of halogens is 3. The monoisotopic (exact) mass is 301 g/mol. The molecule has 0 aliphatic carbocycles. The third kappa shape index (κ3) is 3.25. The Bertz CT molecular complexity index is 488. The Labute approximate surface area is 110 Å². The molecule has 0 spiro atoms. The normalized spacial score (nSPS) is 11.8. The maximum atomic E-state index is 11.8. The van der Waals surface area contributed by atoms with E-state index in [1.807, 2.05) is 6.92 Å². The predicted molar refractivity (Wildman–Crippen MR) is 67.0 cm³/mol. The van der Waals surface area contributed by atoms with Crippen molar-refractivity contribution in [3.8, 4) is 0 Å². The molecule has 90 valence electrons. The Balaban J connectivity index is 3.18. The molecule has 0 saturated heterocycles. The third-order valence-corrected chi connectivity index (χ3v) is 4.45. The fourth-order valence-electron chi connectivity index (χ4n) is 1.02. The van der Waals surface area contributed by atoms with Gasteiger partial charge in [0, 0.05) is 6.54 Å². The maximum absolute atomic E-state index is 11.8. The van der Waals surface area contributed by atoms with Gasteiger partial charge in [-0.1, -0.05) is 41.7 Å². The highest BCUT2D eigenvalue weighted by molar-refractivity contribution is 7.89. The van der Waals surface area contributed by atoms with Gasteiger partial charge >= 0.3 is 0 Å². The van der Waals surface area contributed by atoms with Crippen LogP contribution in [-0.4, -0.2) is 15.0 Å². The van der Waals surface area contributed by atoms with E-state index >= 15 is 0 Å². The minimum atomic E-state index is -3.62. The van der Waals surface area contributed by atoms with Crippen LogP contribution in [0.5, 0.6) is 0 Å². The summed E-state index contributed by atoms with van der Waals surface area (Å²) in [6.07, 6.45) is 0.693. The first kappa shape index (κ1) is 14.1. The molecule has 0 bridgehead atoms. The fraction of sp³-hybridized carbons (Fsp3) is 0.333. The number of sulfonamides is 1. The summed E-state index contributed by atoms with van der Waals surface area (Å²) in [6, 6.07) is 2.55. The highest BCUT2D eigenvalue weighted by Gasteiger charge is 2.18. The molecule has 3 nitrogen and oxygen atoms in total. The number of hydrogen-bond donors (Lipinski definition) is 1. The van der Waals surface area contributed by atoms with Crippen LogP contribution in [0, 0.1) is 0 Å². The van der Waals surface area contributed by atoms with Crippen molar-refractivity contribution >= 4 is 44.8 Å². The minimum Gasteiger partial charge on any atom is -0.211 e. The van der Waals surface area contributed by atoms with E-state index in [1.165, 1.54) is 12.1 Å². The zero-order chi connectivity index (χ0) is 12.3. The maximum Gasteiger partial charge on any atom is 0.242 e. The van der Waals surface area contributed by atoms with Gasteiger partial charge in [0.15, 0.2) is 0 Å². The lowest BCUT2D eigenvalue weighted by Gasteiger charge is -2.08. The lowest BCUT2D eigenvalue weighted by Crippen LogP contribution is -2.24. The van der Waals surface area contributed by atoms with Crippen molar-refractivity contribution < 1.29 is 8.42 Å². The van der Waals surface area contributed by atoms with Crippen LogP contribution in [0.25, 0.3) is 0 Å². The molecule has 0 saturated carbocycles. The molecular formula is C9H10Cl3NO2S. The van der Waals surface area contributed by atoms with E-state index < -0.39 is 10.0 Å². The number of nitrogens with one attached hydrogen (secondary N) is 1. The van der Waals surface area contributed by atoms with Gasteiger partial charge in [-0.05, 0) is 18.6 Å². The fourth-order valence-corrected chi connectivity index (χ4v) is 3.16. The van der Waals surface area contributed by atoms with Gasteiger partial charge in [0.05, 0.1) is 15.1 Å². The van der Waals surface area contributed by atoms with E-state index in [2.05, 4.69) is 4.72 Å². The summed E-state index contributed by atoms with van der Waals surface area (Å²) >= 11 is 17.3. The second-order valence-electron chi connectivity index (χ2n) is 3.09. The minimum absolute atomic E-state index is 0.0537. The van der Waals surface area contributed by atoms with Crippen LogP contribution >= 0.6 is 34.8 Å². The van der Waals surface area contributed by atoms with Crippen LogP contribution in [-0.2, 0) is 10.0 Å². The van der Waals surface area contributed by atoms with Crippen LogP contribution in [0.2, 0.25) is 15.1 Å². The summed E-state index contributed by atoms with van der Waals surface area (Å²) in [4.78, 5) is -0.0583. The molecule has 0 aliphatic rings. The van der Waals surface area contributed by atoms with E-state index in [-0.39, 0.29) is 20.0 Å². The van der Waals surface area contributed by atoms with Crippen molar-refractivity contribution in [3.05, 3.63) is 27.2 Å². The van der Waals surface area contributed by atoms with E-state index in [0.29, 0.717) is 13.0 Å². The summed E-state index contributed by atoms with van der Waals surface area (Å²) in [5, 5.41) is 0.432. The predicted octanol–water partition coefficient (Wildman–Crippen LogP) is 3.34. The Morgan fingerprint density at radius 1 is 1.12 bits per heavy atom. The molecule has 7 heteroatoms. The molecule has 0 atom stereocenters. The Kier molecular flexibility index (Phi) is 4.88. The second kappa shape index (κ2) is 5.56. The standard InChI is InChI=1S/C9H10Cl3NO2S/c1-2-3-13-16(14,15)9-5-7(11)6(10)4-8(9)12/h4-5,13H,2-3H2,1H3. The average molecular weight is 303 g/mol. The Hall–Kier alpha value is -0.000000000000000111. The van der Waals surface area contributed by atoms with Crippen molar-refractivity contribution in [3.63, 3.8) is 0 Å². The number of hydrogen-bond acceptors (Lipinski definition) is 2. The molecule has 16 heavy (non-hydrogen) atoms. The average Bonchev–Trinajstić information content (AvgIpc) is 2.20. The van der Waals surface area contributed by atoms with Crippen LogP contribution in [0.1, 0.15) is 13.3 Å². The molecule has 1 aromatic rings. The molecule has 1 rings (SSSR count). The zero-order valence-corrected chi connectivity index (χ0v) is 11.5. The summed E-state index contributed by atoms with van der Waals surface area (Å²) in [7, 11) is -3.62. The lowest BCUT2D eigenvalue weighted by molar-refractivity contribution is 0.581. The van der Waals surface area contributed by atoms with Crippen molar-refractivity contribution in [2.45, 2.75) is 18.2 Å². The summed E-state index contributed by atoms with van der Waals surface area (Å²) in [5.41, 5.74) is 0. The van der Waals surface area contributed by atoms with Gasteiger partial charge in [-0.2, -0.15) is 0 Å². The molecule has 0 heterocycles. The molecule has 1 aromatic carbocycles. The third-order valence-electron chi connectivity index (χ3n) is 1.81. The van der Waals surface area contributed by atoms with Crippen LogP contribution in [0.4, 0.5) is 0 Å². The van der Waals surface area contributed by atoms with Gasteiger partial charge < -0.3 is 0 Å². The molecule has 0 fully saturated rings. The van der Waals surface area contributed by atoms with E-state index in [4.69, 9.17) is 34.8 Å². The molecular weight excluding hydrogens is 293 g/mol. The highest BCUT2D eigenvalue weighted by atomic mass is 35.5. The van der Waals surface area contributed by atoms with Crippen molar-refractivity contribution in [1.82, 2.24) is 4.72 Å². The van der Waals surface area contributed by atoms with Gasteiger partial charge in [-0.3, -0.25) is 0 Å². The van der Waals surface area contributed by atoms with Gasteiger partial charge in [0.25, 0.3) is 0 Å². The zero-order valence-electron chi connectivity index (χ0n) is 8.43. The number of benzene rings is 1. The topological polar surface area (TPSA) is 46.2 Å². The molecule has 0 aliphatic heterocycles. The molecule has 0 radical (unpaired) electrons. The van der Waals surface area contributed by atoms with Crippen LogP contribution < -0.4 is 4.72 Å². The van der Waals surface area contributed by atoms with E-state index in [1.54, 1.807) is 0 Å². The lowest BCUT2D eigenvalue weighted by atomic mass is 10.4. The molecule has 0 unspecified atom stereocenters. The van der Waals surface area contributed by atoms with Crippen LogP contribution in [0.15, 0.2) is 17.0 Å². The largest absolute Gasteiger partial charge is 0.242 e. The first-order chi connectivity index (χ1) is 7.38. The smallest absolute Gasteiger partial charge is 0.211 e. The van der Waals surface area contributed by atoms with Gasteiger partial charge in [0.1, 0.15) is 4.90 Å². The van der Waals surface area contributed by atoms with Gasteiger partial charge in [-0.25, -0.2) is 13.1 Å².